The van der Waals surface area contributed by atoms with E-state index >= 15 is 0 Å². The lowest BCUT2D eigenvalue weighted by molar-refractivity contribution is 0.608. The second-order valence-electron chi connectivity index (χ2n) is 4.74. The summed E-state index contributed by atoms with van der Waals surface area (Å²) >= 11 is 0. The Bertz CT molecular complexity index is 664. The molecule has 2 aromatic rings. The van der Waals surface area contributed by atoms with Gasteiger partial charge in [0.05, 0.1) is 11.6 Å². The Hall–Kier alpha value is -2.41. The quantitative estimate of drug-likeness (QED) is 0.914. The largest absolute Gasteiger partial charge is 0.381 e. The number of nitrogens with one attached hydrogen (secondary N) is 1. The van der Waals surface area contributed by atoms with Crippen molar-refractivity contribution in [3.05, 3.63) is 64.2 Å². The van der Waals surface area contributed by atoms with E-state index in [0.29, 0.717) is 23.4 Å². The van der Waals surface area contributed by atoms with Crippen molar-refractivity contribution in [1.29, 1.82) is 5.26 Å². The summed E-state index contributed by atoms with van der Waals surface area (Å²) in [6, 6.07) is 9.48. The first-order valence-corrected chi connectivity index (χ1v) is 6.20. The highest BCUT2D eigenvalue weighted by Crippen LogP contribution is 2.18. The zero-order chi connectivity index (χ0) is 14.7. The second-order valence-corrected chi connectivity index (χ2v) is 4.74. The lowest BCUT2D eigenvalue weighted by Gasteiger charge is -2.10. The summed E-state index contributed by atoms with van der Waals surface area (Å²) in [7, 11) is 0. The molecule has 0 aliphatic carbocycles. The van der Waals surface area contributed by atoms with Crippen molar-refractivity contribution < 1.29 is 8.78 Å². The highest BCUT2D eigenvalue weighted by molar-refractivity contribution is 5.50. The highest BCUT2D eigenvalue weighted by atomic mass is 19.1. The normalized spacial score (nSPS) is 10.2. The molecule has 1 N–H and O–H groups in total. The molecule has 0 saturated carbocycles. The van der Waals surface area contributed by atoms with Crippen molar-refractivity contribution in [3.8, 4) is 6.07 Å². The molecule has 0 saturated heterocycles. The number of benzene rings is 2. The Morgan fingerprint density at radius 1 is 1.05 bits per heavy atom. The van der Waals surface area contributed by atoms with Crippen molar-refractivity contribution in [3.63, 3.8) is 0 Å². The zero-order valence-electron chi connectivity index (χ0n) is 11.3. The number of anilines is 1. The SMILES string of the molecule is Cc1cc(CNc2cc(F)cc(C#N)c2)cc(C)c1F. The summed E-state index contributed by atoms with van der Waals surface area (Å²) in [5.41, 5.74) is 2.86. The molecule has 102 valence electrons. The van der Waals surface area contributed by atoms with Crippen molar-refractivity contribution in [2.75, 3.05) is 5.32 Å². The van der Waals surface area contributed by atoms with Crippen molar-refractivity contribution in [2.45, 2.75) is 20.4 Å². The van der Waals surface area contributed by atoms with Crippen LogP contribution in [0.5, 0.6) is 0 Å². The first kappa shape index (κ1) is 14.0. The maximum absolute atomic E-state index is 13.5. The molecule has 0 bridgehead atoms. The Balaban J connectivity index is 2.17. The van der Waals surface area contributed by atoms with Gasteiger partial charge in [0, 0.05) is 12.2 Å². The van der Waals surface area contributed by atoms with E-state index in [9.17, 15) is 8.78 Å². The Morgan fingerprint density at radius 2 is 1.70 bits per heavy atom. The van der Waals surface area contributed by atoms with Gasteiger partial charge in [-0.1, -0.05) is 12.1 Å². The van der Waals surface area contributed by atoms with Crippen LogP contribution in [0.25, 0.3) is 0 Å². The standard InChI is InChI=1S/C16H14F2N2/c1-10-3-13(4-11(2)16(10)18)9-20-15-6-12(8-19)5-14(17)7-15/h3-7,20H,9H2,1-2H3. The van der Waals surface area contributed by atoms with Gasteiger partial charge in [-0.15, -0.1) is 0 Å². The Kier molecular flexibility index (Phi) is 3.99. The van der Waals surface area contributed by atoms with Crippen LogP contribution in [0.3, 0.4) is 0 Å². The van der Waals surface area contributed by atoms with Gasteiger partial charge in [-0.2, -0.15) is 5.26 Å². The maximum atomic E-state index is 13.5. The molecule has 0 atom stereocenters. The van der Waals surface area contributed by atoms with Gasteiger partial charge < -0.3 is 5.32 Å². The van der Waals surface area contributed by atoms with E-state index < -0.39 is 5.82 Å². The summed E-state index contributed by atoms with van der Waals surface area (Å²) in [5.74, 6) is -0.663. The molecule has 2 aromatic carbocycles. The average Bonchev–Trinajstić information content (AvgIpc) is 2.41. The van der Waals surface area contributed by atoms with E-state index in [1.165, 1.54) is 12.1 Å². The molecule has 0 radical (unpaired) electrons. The van der Waals surface area contributed by atoms with Gasteiger partial charge in [-0.05, 0) is 48.7 Å². The van der Waals surface area contributed by atoms with Crippen LogP contribution in [0, 0.1) is 36.8 Å². The van der Waals surface area contributed by atoms with E-state index in [2.05, 4.69) is 5.32 Å². The van der Waals surface area contributed by atoms with Gasteiger partial charge in [0.2, 0.25) is 0 Å². The van der Waals surface area contributed by atoms with Crippen LogP contribution in [0.4, 0.5) is 14.5 Å². The summed E-state index contributed by atoms with van der Waals surface area (Å²) < 4.78 is 26.8. The van der Waals surface area contributed by atoms with Crippen LogP contribution >= 0.6 is 0 Å². The fraction of sp³-hybridized carbons (Fsp3) is 0.188. The van der Waals surface area contributed by atoms with Gasteiger partial charge in [-0.3, -0.25) is 0 Å². The third kappa shape index (κ3) is 3.12. The van der Waals surface area contributed by atoms with E-state index in [1.54, 1.807) is 32.0 Å². The third-order valence-corrected chi connectivity index (χ3v) is 3.02. The number of hydrogen-bond acceptors (Lipinski definition) is 2. The molecular formula is C16H14F2N2. The second kappa shape index (κ2) is 5.70. The van der Waals surface area contributed by atoms with Crippen molar-refractivity contribution >= 4 is 5.69 Å². The van der Waals surface area contributed by atoms with E-state index in [-0.39, 0.29) is 11.4 Å². The number of aryl methyl sites for hydroxylation is 2. The molecule has 0 unspecified atom stereocenters. The highest BCUT2D eigenvalue weighted by Gasteiger charge is 2.05. The first-order chi connectivity index (χ1) is 9.49. The average molecular weight is 272 g/mol. The van der Waals surface area contributed by atoms with Crippen LogP contribution in [0.2, 0.25) is 0 Å². The minimum Gasteiger partial charge on any atom is -0.381 e. The topological polar surface area (TPSA) is 35.8 Å². The molecule has 0 aliphatic heterocycles. The van der Waals surface area contributed by atoms with Crippen LogP contribution < -0.4 is 5.32 Å². The van der Waals surface area contributed by atoms with E-state index in [4.69, 9.17) is 5.26 Å². The summed E-state index contributed by atoms with van der Waals surface area (Å²) in [5, 5.41) is 11.8. The van der Waals surface area contributed by atoms with Crippen molar-refractivity contribution in [1.82, 2.24) is 0 Å². The van der Waals surface area contributed by atoms with Gasteiger partial charge in [0.15, 0.2) is 0 Å². The summed E-state index contributed by atoms with van der Waals surface area (Å²) in [6.07, 6.45) is 0. The van der Waals surface area contributed by atoms with Gasteiger partial charge >= 0.3 is 0 Å². The fourth-order valence-corrected chi connectivity index (χ4v) is 2.10. The monoisotopic (exact) mass is 272 g/mol. The molecule has 0 heterocycles. The molecule has 0 amide bonds. The van der Waals surface area contributed by atoms with Gasteiger partial charge in [0.1, 0.15) is 11.6 Å². The summed E-state index contributed by atoms with van der Waals surface area (Å²) in [4.78, 5) is 0. The Morgan fingerprint density at radius 3 is 2.30 bits per heavy atom. The number of rotatable bonds is 3. The number of hydrogen-bond donors (Lipinski definition) is 1. The van der Waals surface area contributed by atoms with E-state index in [1.807, 2.05) is 6.07 Å². The lowest BCUT2D eigenvalue weighted by Crippen LogP contribution is -2.02. The minimum atomic E-state index is -0.460. The van der Waals surface area contributed by atoms with Gasteiger partial charge in [0.25, 0.3) is 0 Å². The van der Waals surface area contributed by atoms with Crippen molar-refractivity contribution in [2.24, 2.45) is 0 Å². The molecule has 20 heavy (non-hydrogen) atoms. The Labute approximate surface area is 116 Å². The zero-order valence-corrected chi connectivity index (χ0v) is 11.3. The van der Waals surface area contributed by atoms with Crippen LogP contribution in [-0.2, 0) is 6.54 Å². The number of nitrogens with zero attached hydrogens (tertiary/aromatic N) is 1. The molecule has 2 nitrogen and oxygen atoms in total. The molecule has 0 fully saturated rings. The molecule has 2 rings (SSSR count). The molecule has 4 heteroatoms. The third-order valence-electron chi connectivity index (χ3n) is 3.02. The van der Waals surface area contributed by atoms with Crippen LogP contribution in [-0.4, -0.2) is 0 Å². The van der Waals surface area contributed by atoms with Gasteiger partial charge in [-0.25, -0.2) is 8.78 Å². The molecule has 0 aromatic heterocycles. The predicted octanol–water partition coefficient (Wildman–Crippen LogP) is 4.07. The number of halogens is 2. The molecule has 0 spiro atoms. The minimum absolute atomic E-state index is 0.203. The van der Waals surface area contributed by atoms with Crippen LogP contribution in [0.15, 0.2) is 30.3 Å². The fourth-order valence-electron chi connectivity index (χ4n) is 2.10. The molecule has 0 aliphatic rings. The number of nitriles is 1. The first-order valence-electron chi connectivity index (χ1n) is 6.20. The molecular weight excluding hydrogens is 258 g/mol. The van der Waals surface area contributed by atoms with E-state index in [0.717, 1.165) is 5.56 Å². The maximum Gasteiger partial charge on any atom is 0.129 e. The smallest absolute Gasteiger partial charge is 0.129 e. The van der Waals surface area contributed by atoms with Crippen LogP contribution in [0.1, 0.15) is 22.3 Å². The summed E-state index contributed by atoms with van der Waals surface area (Å²) in [6.45, 7) is 3.86. The predicted molar refractivity (Wildman–Crippen MR) is 74.3 cm³/mol. The lowest BCUT2D eigenvalue weighted by atomic mass is 10.1.